The Labute approximate surface area is 105 Å². The zero-order valence-corrected chi connectivity index (χ0v) is 10.3. The number of halogens is 1. The van der Waals surface area contributed by atoms with Gasteiger partial charge < -0.3 is 4.74 Å². The second-order valence-corrected chi connectivity index (χ2v) is 4.93. The minimum absolute atomic E-state index is 0.0712. The highest BCUT2D eigenvalue weighted by atomic mass is 35.5. The molecule has 0 aromatic heterocycles. The number of carbonyl (C=O) groups is 2. The molecule has 1 aliphatic carbocycles. The molecule has 0 saturated carbocycles. The highest BCUT2D eigenvalue weighted by molar-refractivity contribution is 6.39. The topological polar surface area (TPSA) is 43.4 Å². The Morgan fingerprint density at radius 2 is 2.18 bits per heavy atom. The van der Waals surface area contributed by atoms with Crippen molar-refractivity contribution in [3.05, 3.63) is 35.4 Å². The summed E-state index contributed by atoms with van der Waals surface area (Å²) in [7, 11) is 1.30. The third kappa shape index (κ3) is 2.20. The lowest BCUT2D eigenvalue weighted by atomic mass is 9.80. The van der Waals surface area contributed by atoms with Gasteiger partial charge in [-0.05, 0) is 18.4 Å². The predicted octanol–water partition coefficient (Wildman–Crippen LogP) is 2.36. The summed E-state index contributed by atoms with van der Waals surface area (Å²) in [5.41, 5.74) is 1.62. The largest absolute Gasteiger partial charge is 0.469 e. The molecule has 0 heterocycles. The molecule has 1 aromatic rings. The van der Waals surface area contributed by atoms with Crippen LogP contribution in [0.2, 0.25) is 0 Å². The Kier molecular flexibility index (Phi) is 3.20. The first-order valence-electron chi connectivity index (χ1n) is 5.45. The van der Waals surface area contributed by atoms with Crippen LogP contribution in [-0.2, 0) is 16.0 Å². The fraction of sp³-hybridized carbons (Fsp3) is 0.385. The van der Waals surface area contributed by atoms with Crippen molar-refractivity contribution < 1.29 is 14.3 Å². The first-order valence-corrected chi connectivity index (χ1v) is 5.83. The lowest BCUT2D eigenvalue weighted by molar-refractivity contribution is -0.141. The maximum absolute atomic E-state index is 12.3. The third-order valence-electron chi connectivity index (χ3n) is 3.11. The number of esters is 1. The minimum Gasteiger partial charge on any atom is -0.469 e. The Hall–Kier alpha value is -1.35. The summed E-state index contributed by atoms with van der Waals surface area (Å²) < 4.78 is 4.58. The van der Waals surface area contributed by atoms with E-state index in [4.69, 9.17) is 11.6 Å². The number of Topliss-reactive ketones (excluding diaryl/α,β-unsaturated/α-hetero) is 1. The van der Waals surface area contributed by atoms with E-state index in [2.05, 4.69) is 4.74 Å². The first kappa shape index (κ1) is 12.1. The molecule has 1 unspecified atom stereocenters. The lowest BCUT2D eigenvalue weighted by Gasteiger charge is -2.30. The Morgan fingerprint density at radius 3 is 2.88 bits per heavy atom. The summed E-state index contributed by atoms with van der Waals surface area (Å²) >= 11 is 6.28. The van der Waals surface area contributed by atoms with E-state index in [9.17, 15) is 9.59 Å². The van der Waals surface area contributed by atoms with Crippen LogP contribution in [0.1, 0.15) is 28.8 Å². The van der Waals surface area contributed by atoms with Gasteiger partial charge in [0, 0.05) is 5.56 Å². The number of rotatable bonds is 2. The van der Waals surface area contributed by atoms with Crippen molar-refractivity contribution >= 4 is 23.4 Å². The van der Waals surface area contributed by atoms with Gasteiger partial charge in [0.1, 0.15) is 4.87 Å². The molecule has 3 nitrogen and oxygen atoms in total. The van der Waals surface area contributed by atoms with E-state index < -0.39 is 10.8 Å². The highest BCUT2D eigenvalue weighted by Crippen LogP contribution is 2.36. The molecule has 0 saturated heterocycles. The van der Waals surface area contributed by atoms with Crippen LogP contribution < -0.4 is 0 Å². The smallest absolute Gasteiger partial charge is 0.307 e. The number of hydrogen-bond acceptors (Lipinski definition) is 3. The Bertz CT molecular complexity index is 469. The molecule has 0 N–H and O–H groups in total. The van der Waals surface area contributed by atoms with E-state index in [0.717, 1.165) is 5.56 Å². The van der Waals surface area contributed by atoms with Gasteiger partial charge in [0.25, 0.3) is 0 Å². The van der Waals surface area contributed by atoms with Crippen LogP contribution >= 0.6 is 11.6 Å². The van der Waals surface area contributed by atoms with Crippen LogP contribution in [0.25, 0.3) is 0 Å². The van der Waals surface area contributed by atoms with Gasteiger partial charge in [0.2, 0.25) is 0 Å². The molecule has 1 atom stereocenters. The number of ether oxygens (including phenoxy) is 1. The molecule has 0 spiro atoms. The van der Waals surface area contributed by atoms with Gasteiger partial charge in [-0.2, -0.15) is 0 Å². The van der Waals surface area contributed by atoms with E-state index in [1.54, 1.807) is 12.1 Å². The normalized spacial score (nSPS) is 23.1. The van der Waals surface area contributed by atoms with Gasteiger partial charge in [0.05, 0.1) is 13.5 Å². The highest BCUT2D eigenvalue weighted by Gasteiger charge is 2.42. The summed E-state index contributed by atoms with van der Waals surface area (Å²) in [5.74, 6) is -0.626. The molecule has 0 amide bonds. The zero-order chi connectivity index (χ0) is 12.5. The minimum atomic E-state index is -1.14. The quantitative estimate of drug-likeness (QED) is 0.599. The SMILES string of the molecule is COC(=O)CC1(Cl)CCc2ccccc2C1=O. The average molecular weight is 253 g/mol. The molecule has 17 heavy (non-hydrogen) atoms. The molecular weight excluding hydrogens is 240 g/mol. The molecule has 2 rings (SSSR count). The zero-order valence-electron chi connectivity index (χ0n) is 9.53. The van der Waals surface area contributed by atoms with Gasteiger partial charge in [-0.3, -0.25) is 9.59 Å². The number of hydrogen-bond donors (Lipinski definition) is 0. The molecule has 0 aliphatic heterocycles. The number of benzene rings is 1. The van der Waals surface area contributed by atoms with E-state index in [1.807, 2.05) is 12.1 Å². The van der Waals surface area contributed by atoms with E-state index in [0.29, 0.717) is 18.4 Å². The fourth-order valence-electron chi connectivity index (χ4n) is 2.12. The van der Waals surface area contributed by atoms with Crippen LogP contribution in [0.15, 0.2) is 24.3 Å². The average Bonchev–Trinajstić information content (AvgIpc) is 2.34. The van der Waals surface area contributed by atoms with Crippen molar-refractivity contribution in [1.29, 1.82) is 0 Å². The van der Waals surface area contributed by atoms with Gasteiger partial charge >= 0.3 is 5.97 Å². The van der Waals surface area contributed by atoms with Gasteiger partial charge in [0.15, 0.2) is 5.78 Å². The molecule has 0 bridgehead atoms. The maximum atomic E-state index is 12.3. The molecule has 90 valence electrons. The second-order valence-electron chi connectivity index (χ2n) is 4.20. The standard InChI is InChI=1S/C13H13ClO3/c1-17-11(15)8-13(14)7-6-9-4-2-3-5-10(9)12(13)16/h2-5H,6-8H2,1H3. The molecule has 1 aromatic carbocycles. The van der Waals surface area contributed by atoms with Crippen molar-refractivity contribution in [2.45, 2.75) is 24.1 Å². The molecule has 0 fully saturated rings. The summed E-state index contributed by atoms with van der Waals surface area (Å²) in [6.07, 6.45) is 1.11. The van der Waals surface area contributed by atoms with Crippen molar-refractivity contribution in [3.8, 4) is 0 Å². The summed E-state index contributed by atoms with van der Waals surface area (Å²) in [4.78, 5) is 22.4. The molecule has 4 heteroatoms. The van der Waals surface area contributed by atoms with E-state index in [-0.39, 0.29) is 12.2 Å². The molecule has 0 radical (unpaired) electrons. The van der Waals surface area contributed by atoms with Crippen LogP contribution in [0, 0.1) is 0 Å². The Balaban J connectivity index is 2.30. The Morgan fingerprint density at radius 1 is 1.47 bits per heavy atom. The van der Waals surface area contributed by atoms with Crippen molar-refractivity contribution in [2.75, 3.05) is 7.11 Å². The summed E-state index contributed by atoms with van der Waals surface area (Å²) in [6.45, 7) is 0. The van der Waals surface area contributed by atoms with Crippen molar-refractivity contribution in [2.24, 2.45) is 0 Å². The number of alkyl halides is 1. The van der Waals surface area contributed by atoms with E-state index >= 15 is 0 Å². The number of aryl methyl sites for hydroxylation is 1. The van der Waals surface area contributed by atoms with E-state index in [1.165, 1.54) is 7.11 Å². The monoisotopic (exact) mass is 252 g/mol. The van der Waals surface area contributed by atoms with Crippen LogP contribution in [0.4, 0.5) is 0 Å². The van der Waals surface area contributed by atoms with Crippen molar-refractivity contribution in [1.82, 2.24) is 0 Å². The van der Waals surface area contributed by atoms with Gasteiger partial charge in [-0.1, -0.05) is 24.3 Å². The van der Waals surface area contributed by atoms with Crippen LogP contribution in [0.5, 0.6) is 0 Å². The van der Waals surface area contributed by atoms with Crippen LogP contribution in [0.3, 0.4) is 0 Å². The van der Waals surface area contributed by atoms with Crippen molar-refractivity contribution in [3.63, 3.8) is 0 Å². The number of fused-ring (bicyclic) bond motifs is 1. The first-order chi connectivity index (χ1) is 8.07. The van der Waals surface area contributed by atoms with Crippen LogP contribution in [-0.4, -0.2) is 23.7 Å². The number of ketones is 1. The van der Waals surface area contributed by atoms with Gasteiger partial charge in [-0.25, -0.2) is 0 Å². The molecule has 1 aliphatic rings. The second kappa shape index (κ2) is 4.49. The van der Waals surface area contributed by atoms with Gasteiger partial charge in [-0.15, -0.1) is 11.6 Å². The lowest BCUT2D eigenvalue weighted by Crippen LogP contribution is -2.39. The predicted molar refractivity (Wildman–Crippen MR) is 64.3 cm³/mol. The summed E-state index contributed by atoms with van der Waals surface area (Å²) in [5, 5.41) is 0. The number of carbonyl (C=O) groups excluding carboxylic acids is 2. The third-order valence-corrected chi connectivity index (χ3v) is 3.61. The number of methoxy groups -OCH3 is 1. The molecular formula is C13H13ClO3. The maximum Gasteiger partial charge on any atom is 0.307 e. The summed E-state index contributed by atoms with van der Waals surface area (Å²) in [6, 6.07) is 7.37. The fourth-order valence-corrected chi connectivity index (χ4v) is 2.42.